The summed E-state index contributed by atoms with van der Waals surface area (Å²) in [6, 6.07) is 4.71. The minimum atomic E-state index is 0.669. The molecule has 0 aliphatic heterocycles. The van der Waals surface area contributed by atoms with Crippen LogP contribution in [0, 0.1) is 17.8 Å². The summed E-state index contributed by atoms with van der Waals surface area (Å²) in [5, 5.41) is 3.80. The van der Waals surface area contributed by atoms with Crippen LogP contribution in [-0.4, -0.2) is 31.1 Å². The first-order valence-corrected chi connectivity index (χ1v) is 8.54. The monoisotopic (exact) mass is 292 g/mol. The molecule has 21 heavy (non-hydrogen) atoms. The van der Waals surface area contributed by atoms with E-state index in [-0.39, 0.29) is 0 Å². The smallest absolute Gasteiger partial charge is 0.117 e. The lowest BCUT2D eigenvalue weighted by Crippen LogP contribution is -2.48. The molecule has 0 aromatic carbocycles. The van der Waals surface area contributed by atoms with Gasteiger partial charge in [0.2, 0.25) is 0 Å². The molecule has 1 aliphatic carbocycles. The van der Waals surface area contributed by atoms with E-state index in [9.17, 15) is 0 Å². The van der Waals surface area contributed by atoms with E-state index in [4.69, 9.17) is 4.42 Å². The molecule has 120 valence electrons. The topological polar surface area (TPSA) is 28.4 Å². The molecule has 1 aromatic heterocycles. The molecule has 0 amide bonds. The third-order valence-corrected chi connectivity index (χ3v) is 4.86. The summed E-state index contributed by atoms with van der Waals surface area (Å²) >= 11 is 0. The molecular weight excluding hydrogens is 260 g/mol. The van der Waals surface area contributed by atoms with Crippen LogP contribution in [0.5, 0.6) is 0 Å². The van der Waals surface area contributed by atoms with Crippen molar-refractivity contribution in [3.63, 3.8) is 0 Å². The Morgan fingerprint density at radius 1 is 1.33 bits per heavy atom. The van der Waals surface area contributed by atoms with E-state index >= 15 is 0 Å². The Bertz CT molecular complexity index is 390. The summed E-state index contributed by atoms with van der Waals surface area (Å²) in [6.45, 7) is 10.3. The highest BCUT2D eigenvalue weighted by Gasteiger charge is 2.34. The fraction of sp³-hybridized carbons (Fsp3) is 0.778. The zero-order chi connectivity index (χ0) is 15.2. The summed E-state index contributed by atoms with van der Waals surface area (Å²) in [4.78, 5) is 2.41. The van der Waals surface area contributed by atoms with E-state index in [1.54, 1.807) is 6.26 Å². The summed E-state index contributed by atoms with van der Waals surface area (Å²) in [6.07, 6.45) is 5.67. The maximum atomic E-state index is 5.47. The van der Waals surface area contributed by atoms with Gasteiger partial charge in [-0.15, -0.1) is 0 Å². The molecule has 2 rings (SSSR count). The van der Waals surface area contributed by atoms with Gasteiger partial charge in [-0.2, -0.15) is 0 Å². The second kappa shape index (κ2) is 8.00. The molecule has 0 spiro atoms. The van der Waals surface area contributed by atoms with Crippen LogP contribution in [0.3, 0.4) is 0 Å². The number of rotatable bonds is 7. The Morgan fingerprint density at radius 3 is 2.81 bits per heavy atom. The van der Waals surface area contributed by atoms with E-state index in [0.29, 0.717) is 6.04 Å². The molecule has 1 fully saturated rings. The molecule has 1 saturated carbocycles. The van der Waals surface area contributed by atoms with Crippen molar-refractivity contribution in [2.45, 2.75) is 52.6 Å². The van der Waals surface area contributed by atoms with Crippen molar-refractivity contribution < 1.29 is 4.42 Å². The van der Waals surface area contributed by atoms with Crippen LogP contribution in [0.15, 0.2) is 22.8 Å². The molecule has 1 aliphatic rings. The average molecular weight is 292 g/mol. The molecular formula is C18H32N2O. The Morgan fingerprint density at radius 2 is 2.14 bits per heavy atom. The van der Waals surface area contributed by atoms with Crippen LogP contribution in [0.2, 0.25) is 0 Å². The van der Waals surface area contributed by atoms with Crippen LogP contribution >= 0.6 is 0 Å². The lowest BCUT2D eigenvalue weighted by molar-refractivity contribution is 0.106. The highest BCUT2D eigenvalue weighted by Crippen LogP contribution is 2.34. The van der Waals surface area contributed by atoms with Crippen molar-refractivity contribution in [3.05, 3.63) is 24.2 Å². The van der Waals surface area contributed by atoms with Gasteiger partial charge in [0.25, 0.3) is 0 Å². The normalized spacial score (nSPS) is 30.0. The number of hydrogen-bond donors (Lipinski definition) is 1. The summed E-state index contributed by atoms with van der Waals surface area (Å²) in [5.41, 5.74) is 0. The molecule has 3 heteroatoms. The van der Waals surface area contributed by atoms with Gasteiger partial charge in [0.05, 0.1) is 12.8 Å². The minimum absolute atomic E-state index is 0.669. The SMILES string of the molecule is CCCNC1CC(C)CC(C)C1CN(C)Cc1ccco1. The zero-order valence-electron chi connectivity index (χ0n) is 14.1. The molecule has 3 nitrogen and oxygen atoms in total. The van der Waals surface area contributed by atoms with Crippen molar-refractivity contribution in [2.75, 3.05) is 20.1 Å². The second-order valence-corrected chi connectivity index (χ2v) is 7.05. The molecule has 0 bridgehead atoms. The van der Waals surface area contributed by atoms with Gasteiger partial charge in [-0.05, 0) is 62.7 Å². The fourth-order valence-corrected chi connectivity index (χ4v) is 3.88. The van der Waals surface area contributed by atoms with E-state index in [0.717, 1.165) is 43.1 Å². The first-order valence-electron chi connectivity index (χ1n) is 8.54. The minimum Gasteiger partial charge on any atom is -0.468 e. The summed E-state index contributed by atoms with van der Waals surface area (Å²) in [5.74, 6) is 3.45. The van der Waals surface area contributed by atoms with Crippen LogP contribution in [0.4, 0.5) is 0 Å². The van der Waals surface area contributed by atoms with Gasteiger partial charge in [-0.1, -0.05) is 20.8 Å². The lowest BCUT2D eigenvalue weighted by atomic mass is 9.72. The number of furan rings is 1. The summed E-state index contributed by atoms with van der Waals surface area (Å²) in [7, 11) is 2.21. The Balaban J connectivity index is 1.92. The predicted molar refractivity (Wildman–Crippen MR) is 88.2 cm³/mol. The van der Waals surface area contributed by atoms with Crippen molar-refractivity contribution >= 4 is 0 Å². The van der Waals surface area contributed by atoms with Crippen molar-refractivity contribution in [3.8, 4) is 0 Å². The maximum absolute atomic E-state index is 5.47. The highest BCUT2D eigenvalue weighted by molar-refractivity contribution is 4.98. The molecule has 1 aromatic rings. The van der Waals surface area contributed by atoms with Crippen LogP contribution in [0.1, 0.15) is 45.8 Å². The third-order valence-electron chi connectivity index (χ3n) is 4.86. The van der Waals surface area contributed by atoms with Gasteiger partial charge in [-0.3, -0.25) is 4.90 Å². The van der Waals surface area contributed by atoms with E-state index in [1.165, 1.54) is 19.3 Å². The van der Waals surface area contributed by atoms with Gasteiger partial charge in [0.1, 0.15) is 5.76 Å². The molecule has 4 atom stereocenters. The average Bonchev–Trinajstić information content (AvgIpc) is 2.92. The lowest BCUT2D eigenvalue weighted by Gasteiger charge is -2.42. The molecule has 0 radical (unpaired) electrons. The second-order valence-electron chi connectivity index (χ2n) is 7.05. The Kier molecular flexibility index (Phi) is 6.31. The first kappa shape index (κ1) is 16.6. The van der Waals surface area contributed by atoms with Gasteiger partial charge in [0.15, 0.2) is 0 Å². The highest BCUT2D eigenvalue weighted by atomic mass is 16.3. The molecule has 1 heterocycles. The molecule has 4 unspecified atom stereocenters. The fourth-order valence-electron chi connectivity index (χ4n) is 3.88. The molecule has 1 N–H and O–H groups in total. The standard InChI is InChI=1S/C18H32N2O/c1-5-8-19-18-11-14(2)10-15(3)17(18)13-20(4)12-16-7-6-9-21-16/h6-7,9,14-15,17-19H,5,8,10-13H2,1-4H3. The number of nitrogens with one attached hydrogen (secondary N) is 1. The zero-order valence-corrected chi connectivity index (χ0v) is 14.1. The Labute approximate surface area is 130 Å². The number of hydrogen-bond acceptors (Lipinski definition) is 3. The van der Waals surface area contributed by atoms with Gasteiger partial charge in [0, 0.05) is 12.6 Å². The van der Waals surface area contributed by atoms with Crippen molar-refractivity contribution in [2.24, 2.45) is 17.8 Å². The van der Waals surface area contributed by atoms with Gasteiger partial charge < -0.3 is 9.73 Å². The van der Waals surface area contributed by atoms with Crippen molar-refractivity contribution in [1.29, 1.82) is 0 Å². The van der Waals surface area contributed by atoms with Crippen LogP contribution < -0.4 is 5.32 Å². The molecule has 0 saturated heterocycles. The maximum Gasteiger partial charge on any atom is 0.117 e. The largest absolute Gasteiger partial charge is 0.468 e. The van der Waals surface area contributed by atoms with E-state index in [1.807, 2.05) is 6.07 Å². The number of nitrogens with zero attached hydrogens (tertiary/aromatic N) is 1. The predicted octanol–water partition coefficient (Wildman–Crippen LogP) is 3.76. The third kappa shape index (κ3) is 4.86. The van der Waals surface area contributed by atoms with Crippen LogP contribution in [-0.2, 0) is 6.54 Å². The first-order chi connectivity index (χ1) is 10.1. The quantitative estimate of drug-likeness (QED) is 0.829. The van der Waals surface area contributed by atoms with E-state index in [2.05, 4.69) is 44.1 Å². The Hall–Kier alpha value is -0.800. The van der Waals surface area contributed by atoms with E-state index < -0.39 is 0 Å². The van der Waals surface area contributed by atoms with Crippen molar-refractivity contribution in [1.82, 2.24) is 10.2 Å². The van der Waals surface area contributed by atoms with Gasteiger partial charge >= 0.3 is 0 Å². The summed E-state index contributed by atoms with van der Waals surface area (Å²) < 4.78 is 5.47. The van der Waals surface area contributed by atoms with Crippen LogP contribution in [0.25, 0.3) is 0 Å². The van der Waals surface area contributed by atoms with Gasteiger partial charge in [-0.25, -0.2) is 0 Å².